The summed E-state index contributed by atoms with van der Waals surface area (Å²) in [4.78, 5) is 0. The van der Waals surface area contributed by atoms with Gasteiger partial charge in [0.2, 0.25) is 0 Å². The van der Waals surface area contributed by atoms with Crippen LogP contribution in [0.1, 0.15) is 57.1 Å². The van der Waals surface area contributed by atoms with Crippen molar-refractivity contribution >= 4 is 0 Å². The quantitative estimate of drug-likeness (QED) is 0.789. The fraction of sp³-hybridized carbons (Fsp3) is 0.647. The molecule has 106 valence electrons. The molecule has 1 aliphatic rings. The Hall–Kier alpha value is -1.02. The summed E-state index contributed by atoms with van der Waals surface area (Å²) in [6, 6.07) is 9.11. The van der Waals surface area contributed by atoms with Gasteiger partial charge in [-0.15, -0.1) is 0 Å². The Labute approximate surface area is 117 Å². The van der Waals surface area contributed by atoms with E-state index in [-0.39, 0.29) is 0 Å². The summed E-state index contributed by atoms with van der Waals surface area (Å²) in [6.45, 7) is 2.93. The highest BCUT2D eigenvalue weighted by atomic mass is 16.5. The van der Waals surface area contributed by atoms with Crippen LogP contribution in [-0.2, 0) is 0 Å². The maximum Gasteiger partial charge on any atom is 0.119 e. The Morgan fingerprint density at radius 3 is 2.47 bits per heavy atom. The molecule has 0 aliphatic heterocycles. The average molecular weight is 261 g/mol. The topological polar surface area (TPSA) is 21.3 Å². The Balaban J connectivity index is 1.93. The zero-order chi connectivity index (χ0) is 13.5. The lowest BCUT2D eigenvalue weighted by atomic mass is 9.94. The minimum atomic E-state index is 0.489. The van der Waals surface area contributed by atoms with Crippen molar-refractivity contribution in [2.45, 2.75) is 51.5 Å². The van der Waals surface area contributed by atoms with Gasteiger partial charge in [0.1, 0.15) is 5.75 Å². The molecular weight excluding hydrogens is 234 g/mol. The summed E-state index contributed by atoms with van der Waals surface area (Å²) >= 11 is 0. The summed E-state index contributed by atoms with van der Waals surface area (Å²) in [7, 11) is 2.07. The van der Waals surface area contributed by atoms with Crippen molar-refractivity contribution in [2.75, 3.05) is 13.7 Å². The molecule has 1 unspecified atom stereocenters. The van der Waals surface area contributed by atoms with E-state index in [9.17, 15) is 0 Å². The van der Waals surface area contributed by atoms with Crippen LogP contribution in [0.2, 0.25) is 0 Å². The maximum atomic E-state index is 5.64. The number of ether oxygens (including phenoxy) is 1. The van der Waals surface area contributed by atoms with Crippen LogP contribution in [0.25, 0.3) is 0 Å². The molecule has 2 rings (SSSR count). The highest BCUT2D eigenvalue weighted by molar-refractivity contribution is 5.29. The second-order valence-electron chi connectivity index (χ2n) is 5.64. The van der Waals surface area contributed by atoms with Crippen molar-refractivity contribution in [1.29, 1.82) is 0 Å². The van der Waals surface area contributed by atoms with Crippen molar-refractivity contribution in [2.24, 2.45) is 5.92 Å². The maximum absolute atomic E-state index is 5.64. The molecule has 0 heterocycles. The molecule has 19 heavy (non-hydrogen) atoms. The molecule has 2 heteroatoms. The molecule has 1 atom stereocenters. The smallest absolute Gasteiger partial charge is 0.119 e. The van der Waals surface area contributed by atoms with Gasteiger partial charge in [-0.25, -0.2) is 0 Å². The summed E-state index contributed by atoms with van der Waals surface area (Å²) in [5, 5.41) is 3.47. The SMILES string of the molecule is CCCOc1ccc(C(CC2CCCC2)NC)cc1. The van der Waals surface area contributed by atoms with Crippen LogP contribution in [0.4, 0.5) is 0 Å². The molecule has 0 bridgehead atoms. The predicted octanol–water partition coefficient (Wildman–Crippen LogP) is 4.32. The third-order valence-electron chi connectivity index (χ3n) is 4.15. The number of nitrogens with one attached hydrogen (secondary N) is 1. The molecular formula is C17H27NO. The standard InChI is InChI=1S/C17H27NO/c1-3-12-19-16-10-8-15(9-11-16)17(18-2)13-14-6-4-5-7-14/h8-11,14,17-18H,3-7,12-13H2,1-2H3. The second-order valence-corrected chi connectivity index (χ2v) is 5.64. The molecule has 0 radical (unpaired) electrons. The fourth-order valence-corrected chi connectivity index (χ4v) is 3.02. The van der Waals surface area contributed by atoms with Crippen LogP contribution in [0.3, 0.4) is 0 Å². The first-order valence-corrected chi connectivity index (χ1v) is 7.73. The molecule has 0 saturated heterocycles. The van der Waals surface area contributed by atoms with Crippen molar-refractivity contribution in [3.8, 4) is 5.75 Å². The van der Waals surface area contributed by atoms with E-state index in [0.29, 0.717) is 6.04 Å². The van der Waals surface area contributed by atoms with Gasteiger partial charge in [0.25, 0.3) is 0 Å². The van der Waals surface area contributed by atoms with E-state index >= 15 is 0 Å². The van der Waals surface area contributed by atoms with Crippen LogP contribution >= 0.6 is 0 Å². The Morgan fingerprint density at radius 2 is 1.89 bits per heavy atom. The molecule has 1 fully saturated rings. The number of hydrogen-bond acceptors (Lipinski definition) is 2. The molecule has 1 aliphatic carbocycles. The van der Waals surface area contributed by atoms with Gasteiger partial charge >= 0.3 is 0 Å². The van der Waals surface area contributed by atoms with Gasteiger partial charge < -0.3 is 10.1 Å². The summed E-state index contributed by atoms with van der Waals surface area (Å²) in [5.41, 5.74) is 1.39. The third kappa shape index (κ3) is 4.24. The zero-order valence-electron chi connectivity index (χ0n) is 12.3. The van der Waals surface area contributed by atoms with E-state index in [1.54, 1.807) is 0 Å². The Morgan fingerprint density at radius 1 is 1.21 bits per heavy atom. The number of hydrogen-bond donors (Lipinski definition) is 1. The molecule has 1 N–H and O–H groups in total. The van der Waals surface area contributed by atoms with Crippen molar-refractivity contribution in [1.82, 2.24) is 5.32 Å². The summed E-state index contributed by atoms with van der Waals surface area (Å²) in [6.07, 6.45) is 8.00. The van der Waals surface area contributed by atoms with Gasteiger partial charge in [-0.05, 0) is 43.5 Å². The van der Waals surface area contributed by atoms with Gasteiger partial charge in [0.05, 0.1) is 6.61 Å². The zero-order valence-corrected chi connectivity index (χ0v) is 12.3. The first kappa shape index (κ1) is 14.4. The first-order valence-electron chi connectivity index (χ1n) is 7.73. The molecule has 0 aromatic heterocycles. The van der Waals surface area contributed by atoms with E-state index in [2.05, 4.69) is 43.6 Å². The fourth-order valence-electron chi connectivity index (χ4n) is 3.02. The summed E-state index contributed by atoms with van der Waals surface area (Å²) < 4.78 is 5.64. The third-order valence-corrected chi connectivity index (χ3v) is 4.15. The Bertz CT molecular complexity index is 354. The number of rotatable bonds is 7. The van der Waals surface area contributed by atoms with Gasteiger partial charge in [-0.1, -0.05) is 44.7 Å². The largest absolute Gasteiger partial charge is 0.494 e. The van der Waals surface area contributed by atoms with Gasteiger partial charge in [-0.2, -0.15) is 0 Å². The van der Waals surface area contributed by atoms with Gasteiger partial charge in [-0.3, -0.25) is 0 Å². The van der Waals surface area contributed by atoms with Gasteiger partial charge in [0.15, 0.2) is 0 Å². The molecule has 2 nitrogen and oxygen atoms in total. The van der Waals surface area contributed by atoms with Crippen molar-refractivity contribution in [3.63, 3.8) is 0 Å². The summed E-state index contributed by atoms with van der Waals surface area (Å²) in [5.74, 6) is 1.90. The van der Waals surface area contributed by atoms with Crippen molar-refractivity contribution < 1.29 is 4.74 Å². The lowest BCUT2D eigenvalue weighted by Crippen LogP contribution is -2.19. The van der Waals surface area contributed by atoms with Crippen molar-refractivity contribution in [3.05, 3.63) is 29.8 Å². The first-order chi connectivity index (χ1) is 9.33. The molecule has 1 saturated carbocycles. The van der Waals surface area contributed by atoms with Crippen LogP contribution in [0.15, 0.2) is 24.3 Å². The average Bonchev–Trinajstić information content (AvgIpc) is 2.96. The van der Waals surface area contributed by atoms with E-state index in [4.69, 9.17) is 4.74 Å². The van der Waals surface area contributed by atoms with E-state index < -0.39 is 0 Å². The van der Waals surface area contributed by atoms with Crippen LogP contribution in [0.5, 0.6) is 5.75 Å². The normalized spacial score (nSPS) is 17.6. The van der Waals surface area contributed by atoms with Gasteiger partial charge in [0, 0.05) is 6.04 Å². The monoisotopic (exact) mass is 261 g/mol. The molecule has 1 aromatic carbocycles. The number of benzene rings is 1. The highest BCUT2D eigenvalue weighted by Crippen LogP contribution is 2.33. The highest BCUT2D eigenvalue weighted by Gasteiger charge is 2.20. The van der Waals surface area contributed by atoms with E-state index in [1.807, 2.05) is 0 Å². The molecule has 0 spiro atoms. The van der Waals surface area contributed by atoms with Crippen LogP contribution in [-0.4, -0.2) is 13.7 Å². The lowest BCUT2D eigenvalue weighted by Gasteiger charge is -2.20. The van der Waals surface area contributed by atoms with E-state index in [0.717, 1.165) is 24.7 Å². The lowest BCUT2D eigenvalue weighted by molar-refractivity contribution is 0.317. The van der Waals surface area contributed by atoms with Crippen LogP contribution in [0, 0.1) is 5.92 Å². The van der Waals surface area contributed by atoms with Crippen LogP contribution < -0.4 is 10.1 Å². The minimum absolute atomic E-state index is 0.489. The molecule has 1 aromatic rings. The Kier molecular flexibility index (Phi) is 5.71. The predicted molar refractivity (Wildman–Crippen MR) is 80.6 cm³/mol. The molecule has 0 amide bonds. The minimum Gasteiger partial charge on any atom is -0.494 e. The van der Waals surface area contributed by atoms with E-state index in [1.165, 1.54) is 37.7 Å². The second kappa shape index (κ2) is 7.54.